The van der Waals surface area contributed by atoms with Crippen LogP contribution in [0.25, 0.3) is 11.1 Å². The number of hydrogen-bond acceptors (Lipinski definition) is 5. The number of nitrogens with zero attached hydrogens (tertiary/aromatic N) is 3. The molecule has 0 spiro atoms. The normalized spacial score (nSPS) is 12.0. The third-order valence-electron chi connectivity index (χ3n) is 3.61. The summed E-state index contributed by atoms with van der Waals surface area (Å²) >= 11 is 0. The van der Waals surface area contributed by atoms with E-state index in [2.05, 4.69) is 15.5 Å². The average molecular weight is 360 g/mol. The zero-order valence-electron chi connectivity index (χ0n) is 13.9. The van der Waals surface area contributed by atoms with Gasteiger partial charge in [-0.05, 0) is 32.0 Å². The number of carbonyl (C=O) groups excluding carboxylic acids is 1. The Morgan fingerprint density at radius 1 is 1.31 bits per heavy atom. The van der Waals surface area contributed by atoms with Crippen molar-refractivity contribution in [3.05, 3.63) is 70.8 Å². The average Bonchev–Trinajstić information content (AvgIpc) is 3.00. The van der Waals surface area contributed by atoms with Crippen molar-refractivity contribution < 1.29 is 22.8 Å². The Hall–Kier alpha value is -3.36. The zero-order chi connectivity index (χ0) is 18.8. The summed E-state index contributed by atoms with van der Waals surface area (Å²) in [6.07, 6.45) is 2.14. The molecule has 0 aliphatic heterocycles. The minimum atomic E-state index is -0.836. The van der Waals surface area contributed by atoms with E-state index in [1.807, 2.05) is 0 Å². The fourth-order valence-electron chi connectivity index (χ4n) is 2.38. The van der Waals surface area contributed by atoms with Crippen molar-refractivity contribution in [1.82, 2.24) is 15.5 Å². The molecule has 0 saturated carbocycles. The zero-order valence-corrected chi connectivity index (χ0v) is 13.9. The molecule has 0 aliphatic rings. The number of rotatable bonds is 4. The number of aromatic nitrogens is 3. The van der Waals surface area contributed by atoms with Gasteiger partial charge in [-0.2, -0.15) is 9.71 Å². The summed E-state index contributed by atoms with van der Waals surface area (Å²) in [6, 6.07) is 3.73. The van der Waals surface area contributed by atoms with Gasteiger partial charge < -0.3 is 15.0 Å². The Balaban J connectivity index is 1.88. The number of aryl methyl sites for hydroxylation is 1. The number of benzene rings is 1. The Morgan fingerprint density at radius 3 is 2.73 bits per heavy atom. The van der Waals surface area contributed by atoms with Gasteiger partial charge in [0.05, 0.1) is 5.56 Å². The first kappa shape index (κ1) is 17.5. The molecule has 0 fully saturated rings. The second kappa shape index (κ2) is 6.87. The van der Waals surface area contributed by atoms with Gasteiger partial charge in [-0.1, -0.05) is 5.16 Å². The van der Waals surface area contributed by atoms with Gasteiger partial charge in [0, 0.05) is 11.6 Å². The lowest BCUT2D eigenvalue weighted by Gasteiger charge is -2.11. The summed E-state index contributed by atoms with van der Waals surface area (Å²) in [5.74, 6) is -1.52. The number of pyridine rings is 1. The van der Waals surface area contributed by atoms with E-state index in [9.17, 15) is 18.8 Å². The lowest BCUT2D eigenvalue weighted by Crippen LogP contribution is -2.32. The predicted octanol–water partition coefficient (Wildman–Crippen LogP) is 2.45. The molecule has 1 aromatic carbocycles. The van der Waals surface area contributed by atoms with Gasteiger partial charge >= 0.3 is 0 Å². The molecule has 0 aliphatic carbocycles. The highest BCUT2D eigenvalue weighted by Gasteiger charge is 2.20. The highest BCUT2D eigenvalue weighted by Crippen LogP contribution is 2.23. The maximum atomic E-state index is 14.0. The summed E-state index contributed by atoms with van der Waals surface area (Å²) in [7, 11) is 0. The van der Waals surface area contributed by atoms with Gasteiger partial charge in [-0.25, -0.2) is 8.78 Å². The molecule has 1 atom stereocenters. The first-order chi connectivity index (χ1) is 12.3. The van der Waals surface area contributed by atoms with Gasteiger partial charge in [-0.15, -0.1) is 0 Å². The van der Waals surface area contributed by atoms with Crippen LogP contribution in [0.3, 0.4) is 0 Å². The molecule has 26 heavy (non-hydrogen) atoms. The monoisotopic (exact) mass is 360 g/mol. The van der Waals surface area contributed by atoms with Crippen molar-refractivity contribution in [2.45, 2.75) is 19.9 Å². The van der Waals surface area contributed by atoms with Crippen LogP contribution in [-0.2, 0) is 0 Å². The fourth-order valence-corrected chi connectivity index (χ4v) is 2.38. The lowest BCUT2D eigenvalue weighted by molar-refractivity contribution is -0.605. The Morgan fingerprint density at radius 2 is 2.08 bits per heavy atom. The SMILES string of the molecule is Cc1noc([C@@H](C)NC(=O)c2cc(-c3ccc(F)cc3F)c[n+]([O-])c2)n1. The van der Waals surface area contributed by atoms with Crippen LogP contribution in [0.15, 0.2) is 41.2 Å². The molecule has 3 aromatic rings. The lowest BCUT2D eigenvalue weighted by atomic mass is 10.0. The van der Waals surface area contributed by atoms with E-state index < -0.39 is 23.6 Å². The summed E-state index contributed by atoms with van der Waals surface area (Å²) in [5, 5.41) is 18.1. The third-order valence-corrected chi connectivity index (χ3v) is 3.61. The molecule has 0 unspecified atom stereocenters. The number of hydrogen-bond donors (Lipinski definition) is 1. The summed E-state index contributed by atoms with van der Waals surface area (Å²) in [4.78, 5) is 16.4. The van der Waals surface area contributed by atoms with Crippen LogP contribution in [0.5, 0.6) is 0 Å². The topological polar surface area (TPSA) is 95.0 Å². The highest BCUT2D eigenvalue weighted by molar-refractivity contribution is 5.95. The molecule has 3 rings (SSSR count). The van der Waals surface area contributed by atoms with Gasteiger partial charge in [0.25, 0.3) is 5.91 Å². The molecule has 2 heterocycles. The van der Waals surface area contributed by atoms with Crippen LogP contribution < -0.4 is 10.0 Å². The molecule has 0 saturated heterocycles. The van der Waals surface area contributed by atoms with E-state index in [1.54, 1.807) is 13.8 Å². The molecule has 134 valence electrons. The molecule has 7 nitrogen and oxygen atoms in total. The fraction of sp³-hybridized carbons (Fsp3) is 0.176. The van der Waals surface area contributed by atoms with Gasteiger partial charge in [0.1, 0.15) is 23.2 Å². The molecule has 0 bridgehead atoms. The van der Waals surface area contributed by atoms with Crippen LogP contribution in [-0.4, -0.2) is 16.0 Å². The maximum Gasteiger partial charge on any atom is 0.258 e. The Labute approximate surface area is 146 Å². The molecule has 2 aromatic heterocycles. The van der Waals surface area contributed by atoms with E-state index in [4.69, 9.17) is 4.52 Å². The first-order valence-electron chi connectivity index (χ1n) is 7.64. The van der Waals surface area contributed by atoms with Gasteiger partial charge in [0.15, 0.2) is 18.2 Å². The summed E-state index contributed by atoms with van der Waals surface area (Å²) in [5.41, 5.74) is 0.155. The molecule has 0 radical (unpaired) electrons. The van der Waals surface area contributed by atoms with Crippen LogP contribution in [0.1, 0.15) is 35.0 Å². The van der Waals surface area contributed by atoms with E-state index in [1.165, 1.54) is 12.1 Å². The minimum absolute atomic E-state index is 0.00399. The van der Waals surface area contributed by atoms with Crippen molar-refractivity contribution in [3.63, 3.8) is 0 Å². The Bertz CT molecular complexity index is 974. The van der Waals surface area contributed by atoms with Crippen molar-refractivity contribution in [3.8, 4) is 11.1 Å². The molecule has 9 heteroatoms. The largest absolute Gasteiger partial charge is 0.619 e. The van der Waals surface area contributed by atoms with Crippen LogP contribution >= 0.6 is 0 Å². The molecule has 1 amide bonds. The maximum absolute atomic E-state index is 14.0. The van der Waals surface area contributed by atoms with Crippen LogP contribution in [0.4, 0.5) is 8.78 Å². The highest BCUT2D eigenvalue weighted by atomic mass is 19.1. The van der Waals surface area contributed by atoms with E-state index in [0.29, 0.717) is 16.6 Å². The number of amides is 1. The van der Waals surface area contributed by atoms with Crippen molar-refractivity contribution >= 4 is 5.91 Å². The number of carbonyl (C=O) groups is 1. The van der Waals surface area contributed by atoms with E-state index in [0.717, 1.165) is 18.5 Å². The predicted molar refractivity (Wildman–Crippen MR) is 85.7 cm³/mol. The Kier molecular flexibility index (Phi) is 4.61. The summed E-state index contributed by atoms with van der Waals surface area (Å²) < 4.78 is 32.4. The standard InChI is InChI=1S/C17H14F2N4O3/c1-9(17-21-10(2)22-26-17)20-16(24)12-5-11(7-23(25)8-12)14-4-3-13(18)6-15(14)19/h3-9H,1-2H3,(H,20,24)/t9-/m1/s1. The van der Waals surface area contributed by atoms with Crippen molar-refractivity contribution in [1.29, 1.82) is 0 Å². The second-order valence-electron chi connectivity index (χ2n) is 5.67. The number of halogens is 2. The quantitative estimate of drug-likeness (QED) is 0.570. The van der Waals surface area contributed by atoms with E-state index in [-0.39, 0.29) is 22.6 Å². The van der Waals surface area contributed by atoms with Crippen LogP contribution in [0.2, 0.25) is 0 Å². The van der Waals surface area contributed by atoms with Gasteiger partial charge in [-0.3, -0.25) is 4.79 Å². The van der Waals surface area contributed by atoms with Gasteiger partial charge in [0.2, 0.25) is 5.89 Å². The summed E-state index contributed by atoms with van der Waals surface area (Å²) in [6.45, 7) is 3.28. The third kappa shape index (κ3) is 3.66. The second-order valence-corrected chi connectivity index (χ2v) is 5.67. The molecular weight excluding hydrogens is 346 g/mol. The van der Waals surface area contributed by atoms with Crippen LogP contribution in [0, 0.1) is 23.8 Å². The molecular formula is C17H14F2N4O3. The first-order valence-corrected chi connectivity index (χ1v) is 7.64. The smallest absolute Gasteiger partial charge is 0.258 e. The van der Waals surface area contributed by atoms with Crippen molar-refractivity contribution in [2.75, 3.05) is 0 Å². The van der Waals surface area contributed by atoms with Crippen molar-refractivity contribution in [2.24, 2.45) is 0 Å². The van der Waals surface area contributed by atoms with E-state index >= 15 is 0 Å². The minimum Gasteiger partial charge on any atom is -0.619 e. The number of nitrogens with one attached hydrogen (secondary N) is 1. The molecule has 1 N–H and O–H groups in total.